The van der Waals surface area contributed by atoms with Gasteiger partial charge in [0.15, 0.2) is 5.11 Å². The summed E-state index contributed by atoms with van der Waals surface area (Å²) in [6.45, 7) is 4.09. The van der Waals surface area contributed by atoms with E-state index in [9.17, 15) is 4.79 Å². The van der Waals surface area contributed by atoms with Gasteiger partial charge in [-0.2, -0.15) is 0 Å². The van der Waals surface area contributed by atoms with Crippen molar-refractivity contribution < 1.29 is 9.53 Å². The lowest BCUT2D eigenvalue weighted by atomic mass is 10.1. The number of anilines is 1. The number of hydrogen-bond acceptors (Lipinski definition) is 3. The summed E-state index contributed by atoms with van der Waals surface area (Å²) in [4.78, 5) is 12.0. The van der Waals surface area contributed by atoms with E-state index in [-0.39, 0.29) is 11.0 Å². The highest BCUT2D eigenvalue weighted by Crippen LogP contribution is 2.20. The zero-order valence-electron chi connectivity index (χ0n) is 14.6. The Bertz CT molecular complexity index is 783. The van der Waals surface area contributed by atoms with Crippen molar-refractivity contribution in [2.75, 3.05) is 12.4 Å². The molecule has 2 aromatic rings. The number of carbonyl (C=O) groups is 1. The van der Waals surface area contributed by atoms with Crippen LogP contribution < -0.4 is 15.4 Å². The molecule has 0 aromatic heterocycles. The summed E-state index contributed by atoms with van der Waals surface area (Å²) in [7, 11) is 1.62. The number of methoxy groups -OCH3 is 1. The van der Waals surface area contributed by atoms with Crippen LogP contribution in [0.25, 0.3) is 6.08 Å². The molecule has 4 nitrogen and oxygen atoms in total. The van der Waals surface area contributed by atoms with Crippen molar-refractivity contribution in [2.24, 2.45) is 0 Å². The lowest BCUT2D eigenvalue weighted by molar-refractivity contribution is -0.115. The molecule has 0 unspecified atom stereocenters. The number of para-hydroxylation sites is 1. The average Bonchev–Trinajstić information content (AvgIpc) is 2.62. The fourth-order valence-electron chi connectivity index (χ4n) is 2.39. The van der Waals surface area contributed by atoms with Gasteiger partial charge in [-0.25, -0.2) is 0 Å². The molecular weight excluding hydrogens is 332 g/mol. The third-order valence-corrected chi connectivity index (χ3v) is 3.96. The summed E-state index contributed by atoms with van der Waals surface area (Å²) in [5.74, 6) is 0.497. The van der Waals surface area contributed by atoms with Crippen molar-refractivity contribution in [3.05, 3.63) is 65.2 Å². The van der Waals surface area contributed by atoms with E-state index in [1.807, 2.05) is 49.4 Å². The number of benzene rings is 2. The van der Waals surface area contributed by atoms with E-state index in [0.29, 0.717) is 0 Å². The first-order valence-electron chi connectivity index (χ1n) is 8.06. The number of amides is 1. The summed E-state index contributed by atoms with van der Waals surface area (Å²) in [5, 5.41) is 6.08. The van der Waals surface area contributed by atoms with Gasteiger partial charge >= 0.3 is 0 Å². The third kappa shape index (κ3) is 5.43. The Morgan fingerprint density at radius 2 is 1.92 bits per heavy atom. The molecule has 25 heavy (non-hydrogen) atoms. The van der Waals surface area contributed by atoms with Crippen LogP contribution in [0.1, 0.15) is 23.6 Å². The summed E-state index contributed by atoms with van der Waals surface area (Å²) >= 11 is 5.25. The Labute approximate surface area is 153 Å². The highest BCUT2D eigenvalue weighted by Gasteiger charge is 2.07. The Morgan fingerprint density at radius 1 is 1.20 bits per heavy atom. The lowest BCUT2D eigenvalue weighted by Gasteiger charge is -2.14. The van der Waals surface area contributed by atoms with Crippen LogP contribution in [-0.2, 0) is 11.2 Å². The van der Waals surface area contributed by atoms with Crippen LogP contribution >= 0.6 is 12.2 Å². The molecule has 130 valence electrons. The first-order chi connectivity index (χ1) is 12.0. The fraction of sp³-hybridized carbons (Fsp3) is 0.200. The average molecular weight is 354 g/mol. The zero-order valence-corrected chi connectivity index (χ0v) is 15.4. The molecule has 0 heterocycles. The second-order valence-electron chi connectivity index (χ2n) is 5.51. The quantitative estimate of drug-likeness (QED) is 0.627. The van der Waals surface area contributed by atoms with Gasteiger partial charge in [-0.1, -0.05) is 37.3 Å². The third-order valence-electron chi connectivity index (χ3n) is 3.76. The highest BCUT2D eigenvalue weighted by molar-refractivity contribution is 7.80. The van der Waals surface area contributed by atoms with E-state index in [4.69, 9.17) is 17.0 Å². The SMILES string of the molecule is CCc1cccc(C)c1NC(=S)NC(=O)C=Cc1ccc(OC)cc1. The second kappa shape index (κ2) is 8.99. The number of carbonyl (C=O) groups excluding carboxylic acids is 1. The molecule has 0 bridgehead atoms. The molecule has 0 aliphatic heterocycles. The van der Waals surface area contributed by atoms with Crippen LogP contribution in [0.2, 0.25) is 0 Å². The van der Waals surface area contributed by atoms with E-state index in [1.54, 1.807) is 13.2 Å². The number of aryl methyl sites for hydroxylation is 2. The predicted molar refractivity (Wildman–Crippen MR) is 107 cm³/mol. The van der Waals surface area contributed by atoms with Gasteiger partial charge < -0.3 is 10.1 Å². The Hall–Kier alpha value is -2.66. The van der Waals surface area contributed by atoms with E-state index in [0.717, 1.165) is 34.5 Å². The summed E-state index contributed by atoms with van der Waals surface area (Å²) in [6.07, 6.45) is 4.06. The topological polar surface area (TPSA) is 50.4 Å². The van der Waals surface area contributed by atoms with Crippen LogP contribution in [0, 0.1) is 6.92 Å². The van der Waals surface area contributed by atoms with E-state index < -0.39 is 0 Å². The minimum absolute atomic E-state index is 0.278. The van der Waals surface area contributed by atoms with Gasteiger partial charge in [-0.15, -0.1) is 0 Å². The minimum atomic E-state index is -0.278. The van der Waals surface area contributed by atoms with Gasteiger partial charge in [0.25, 0.3) is 0 Å². The van der Waals surface area contributed by atoms with Gasteiger partial charge in [0.2, 0.25) is 5.91 Å². The Balaban J connectivity index is 1.96. The molecule has 0 spiro atoms. The molecule has 2 rings (SSSR count). The number of ether oxygens (including phenoxy) is 1. The van der Waals surface area contributed by atoms with E-state index in [1.165, 1.54) is 6.08 Å². The standard InChI is InChI=1S/C20H22N2O2S/c1-4-16-7-5-6-14(2)19(16)22-20(25)21-18(23)13-10-15-8-11-17(24-3)12-9-15/h5-13H,4H2,1-3H3,(H2,21,22,23,25). The maximum absolute atomic E-state index is 12.0. The normalized spacial score (nSPS) is 10.5. The highest BCUT2D eigenvalue weighted by atomic mass is 32.1. The first kappa shape index (κ1) is 18.7. The smallest absolute Gasteiger partial charge is 0.250 e. The summed E-state index contributed by atoms with van der Waals surface area (Å²) in [5.41, 5.74) is 4.10. The largest absolute Gasteiger partial charge is 0.497 e. The lowest BCUT2D eigenvalue weighted by Crippen LogP contribution is -2.33. The maximum Gasteiger partial charge on any atom is 0.250 e. The predicted octanol–water partition coefficient (Wildman–Crippen LogP) is 4.09. The van der Waals surface area contributed by atoms with E-state index in [2.05, 4.69) is 17.6 Å². The van der Waals surface area contributed by atoms with E-state index >= 15 is 0 Å². The van der Waals surface area contributed by atoms with Crippen LogP contribution in [0.5, 0.6) is 5.75 Å². The second-order valence-corrected chi connectivity index (χ2v) is 5.92. The molecule has 0 aliphatic carbocycles. The molecule has 0 atom stereocenters. The van der Waals surface area contributed by atoms with Crippen LogP contribution in [-0.4, -0.2) is 18.1 Å². The van der Waals surface area contributed by atoms with Crippen molar-refractivity contribution in [1.29, 1.82) is 0 Å². The van der Waals surface area contributed by atoms with Gasteiger partial charge in [0, 0.05) is 11.8 Å². The van der Waals surface area contributed by atoms with Crippen molar-refractivity contribution >= 4 is 35.0 Å². The van der Waals surface area contributed by atoms with Crippen molar-refractivity contribution in [3.8, 4) is 5.75 Å². The number of thiocarbonyl (C=S) groups is 1. The van der Waals surface area contributed by atoms with Gasteiger partial charge in [-0.05, 0) is 60.5 Å². The minimum Gasteiger partial charge on any atom is -0.497 e. The molecular formula is C20H22N2O2S. The van der Waals surface area contributed by atoms with Crippen LogP contribution in [0.3, 0.4) is 0 Å². The molecule has 1 amide bonds. The number of rotatable bonds is 5. The molecule has 2 aromatic carbocycles. The molecule has 0 saturated carbocycles. The number of nitrogens with one attached hydrogen (secondary N) is 2. The zero-order chi connectivity index (χ0) is 18.2. The van der Waals surface area contributed by atoms with Gasteiger partial charge in [0.1, 0.15) is 5.75 Å². The summed E-state index contributed by atoms with van der Waals surface area (Å²) < 4.78 is 5.10. The van der Waals surface area contributed by atoms with Gasteiger partial charge in [0.05, 0.1) is 7.11 Å². The van der Waals surface area contributed by atoms with Crippen molar-refractivity contribution in [3.63, 3.8) is 0 Å². The molecule has 0 fully saturated rings. The molecule has 0 radical (unpaired) electrons. The fourth-order valence-corrected chi connectivity index (χ4v) is 2.59. The Kier molecular flexibility index (Phi) is 6.71. The molecule has 5 heteroatoms. The van der Waals surface area contributed by atoms with Crippen LogP contribution in [0.15, 0.2) is 48.5 Å². The van der Waals surface area contributed by atoms with Gasteiger partial charge in [-0.3, -0.25) is 10.1 Å². The monoisotopic (exact) mass is 354 g/mol. The Morgan fingerprint density at radius 3 is 2.56 bits per heavy atom. The molecule has 0 aliphatic rings. The molecule has 0 saturated heterocycles. The summed E-state index contributed by atoms with van der Waals surface area (Å²) in [6, 6.07) is 13.5. The first-order valence-corrected chi connectivity index (χ1v) is 8.47. The van der Waals surface area contributed by atoms with Crippen molar-refractivity contribution in [2.45, 2.75) is 20.3 Å². The number of hydrogen-bond donors (Lipinski definition) is 2. The van der Waals surface area contributed by atoms with Crippen LogP contribution in [0.4, 0.5) is 5.69 Å². The maximum atomic E-state index is 12.0. The molecule has 2 N–H and O–H groups in total. The van der Waals surface area contributed by atoms with Crippen molar-refractivity contribution in [1.82, 2.24) is 5.32 Å².